The van der Waals surface area contributed by atoms with Gasteiger partial charge in [0.05, 0.1) is 0 Å². The first-order valence-corrected chi connectivity index (χ1v) is 7.92. The molecule has 3 nitrogen and oxygen atoms in total. The van der Waals surface area contributed by atoms with E-state index >= 15 is 0 Å². The summed E-state index contributed by atoms with van der Waals surface area (Å²) in [4.78, 5) is 18.4. The fourth-order valence-corrected chi connectivity index (χ4v) is 4.11. The first-order valence-electron chi connectivity index (χ1n) is 5.82. The molecule has 0 unspecified atom stereocenters. The maximum atomic E-state index is 11.3. The van der Waals surface area contributed by atoms with Gasteiger partial charge in [0.1, 0.15) is 0 Å². The van der Waals surface area contributed by atoms with Gasteiger partial charge in [-0.15, -0.1) is 0 Å². The van der Waals surface area contributed by atoms with E-state index in [1.807, 2.05) is 6.92 Å². The zero-order chi connectivity index (χ0) is 12.9. The fraction of sp³-hybridized carbons (Fsp3) is 0.667. The molecule has 0 saturated heterocycles. The normalized spacial score (nSPS) is 11.8. The number of aromatic amines is 1. The van der Waals surface area contributed by atoms with E-state index in [2.05, 4.69) is 39.7 Å². The van der Waals surface area contributed by atoms with Gasteiger partial charge in [0, 0.05) is 22.8 Å². The SMILES string of the molecule is CCC(CC)(CBr)CSc1nc(C)cc(=O)[nH]1. The van der Waals surface area contributed by atoms with Gasteiger partial charge in [0.2, 0.25) is 0 Å². The minimum atomic E-state index is -0.0718. The summed E-state index contributed by atoms with van der Waals surface area (Å²) in [5.74, 6) is 0.970. The van der Waals surface area contributed by atoms with Crippen LogP contribution in [0.3, 0.4) is 0 Å². The standard InChI is InChI=1S/C12H19BrN2OS/c1-4-12(5-2,7-13)8-17-11-14-9(3)6-10(16)15-11/h6H,4-5,7-8H2,1-3H3,(H,14,15,16). The number of halogens is 1. The number of alkyl halides is 1. The maximum Gasteiger partial charge on any atom is 0.251 e. The molecule has 1 aromatic rings. The molecule has 17 heavy (non-hydrogen) atoms. The highest BCUT2D eigenvalue weighted by atomic mass is 79.9. The van der Waals surface area contributed by atoms with Gasteiger partial charge >= 0.3 is 0 Å². The third-order valence-corrected chi connectivity index (χ3v) is 5.56. The molecule has 1 aromatic heterocycles. The highest BCUT2D eigenvalue weighted by Gasteiger charge is 2.25. The quantitative estimate of drug-likeness (QED) is 0.497. The summed E-state index contributed by atoms with van der Waals surface area (Å²) in [7, 11) is 0. The molecular formula is C12H19BrN2OS. The van der Waals surface area contributed by atoms with E-state index in [0.717, 1.165) is 34.8 Å². The van der Waals surface area contributed by atoms with Gasteiger partial charge < -0.3 is 4.98 Å². The molecule has 0 fully saturated rings. The van der Waals surface area contributed by atoms with Crippen molar-refractivity contribution in [2.45, 2.75) is 38.8 Å². The Morgan fingerprint density at radius 2 is 2.12 bits per heavy atom. The molecule has 0 aromatic carbocycles. The summed E-state index contributed by atoms with van der Waals surface area (Å²) in [5, 5.41) is 1.71. The van der Waals surface area contributed by atoms with Crippen LogP contribution < -0.4 is 5.56 Å². The predicted octanol–water partition coefficient (Wildman–Crippen LogP) is 3.37. The molecule has 1 rings (SSSR count). The van der Waals surface area contributed by atoms with Crippen LogP contribution in [0, 0.1) is 12.3 Å². The number of rotatable bonds is 6. The second-order valence-corrected chi connectivity index (χ2v) is 5.85. The Bertz CT molecular complexity index is 407. The second kappa shape index (κ2) is 6.59. The van der Waals surface area contributed by atoms with Crippen molar-refractivity contribution in [3.8, 4) is 0 Å². The Kier molecular flexibility index (Phi) is 5.73. The van der Waals surface area contributed by atoms with Crippen LogP contribution in [0.2, 0.25) is 0 Å². The summed E-state index contributed by atoms with van der Waals surface area (Å²) in [5.41, 5.74) is 0.985. The van der Waals surface area contributed by atoms with Crippen molar-refractivity contribution in [1.29, 1.82) is 0 Å². The van der Waals surface area contributed by atoms with Crippen molar-refractivity contribution in [2.75, 3.05) is 11.1 Å². The van der Waals surface area contributed by atoms with Crippen LogP contribution in [0.1, 0.15) is 32.4 Å². The average molecular weight is 319 g/mol. The third kappa shape index (κ3) is 4.14. The van der Waals surface area contributed by atoms with Crippen LogP contribution in [0.25, 0.3) is 0 Å². The van der Waals surface area contributed by atoms with E-state index in [4.69, 9.17) is 0 Å². The van der Waals surface area contributed by atoms with Gasteiger partial charge in [-0.2, -0.15) is 0 Å². The van der Waals surface area contributed by atoms with Gasteiger partial charge in [-0.05, 0) is 25.2 Å². The molecule has 0 aliphatic carbocycles. The number of nitrogens with one attached hydrogen (secondary N) is 1. The van der Waals surface area contributed by atoms with E-state index < -0.39 is 0 Å². The van der Waals surface area contributed by atoms with Crippen LogP contribution in [0.4, 0.5) is 0 Å². The first-order chi connectivity index (χ1) is 8.05. The summed E-state index contributed by atoms with van der Waals surface area (Å²) < 4.78 is 0. The van der Waals surface area contributed by atoms with Crippen molar-refractivity contribution >= 4 is 27.7 Å². The second-order valence-electron chi connectivity index (χ2n) is 4.32. The molecule has 1 N–H and O–H groups in total. The van der Waals surface area contributed by atoms with Crippen LogP contribution in [-0.4, -0.2) is 21.1 Å². The van der Waals surface area contributed by atoms with Crippen molar-refractivity contribution in [1.82, 2.24) is 9.97 Å². The zero-order valence-electron chi connectivity index (χ0n) is 10.5. The molecule has 0 bridgehead atoms. The largest absolute Gasteiger partial charge is 0.301 e. The van der Waals surface area contributed by atoms with Crippen molar-refractivity contribution in [2.24, 2.45) is 5.41 Å². The van der Waals surface area contributed by atoms with Gasteiger partial charge in [-0.1, -0.05) is 41.5 Å². The molecule has 1 heterocycles. The molecule has 96 valence electrons. The fourth-order valence-electron chi connectivity index (χ4n) is 1.52. The Morgan fingerprint density at radius 3 is 2.59 bits per heavy atom. The van der Waals surface area contributed by atoms with Gasteiger partial charge in [-0.25, -0.2) is 4.98 Å². The van der Waals surface area contributed by atoms with Crippen LogP contribution in [-0.2, 0) is 0 Å². The molecule has 0 amide bonds. The number of nitrogens with zero attached hydrogens (tertiary/aromatic N) is 1. The van der Waals surface area contributed by atoms with E-state index in [9.17, 15) is 4.79 Å². The first kappa shape index (κ1) is 14.8. The maximum absolute atomic E-state index is 11.3. The Labute approximate surface area is 115 Å². The number of hydrogen-bond acceptors (Lipinski definition) is 3. The van der Waals surface area contributed by atoms with E-state index in [1.165, 1.54) is 6.07 Å². The number of H-pyrrole nitrogens is 1. The Balaban J connectivity index is 2.75. The molecule has 0 spiro atoms. The summed E-state index contributed by atoms with van der Waals surface area (Å²) in [6.45, 7) is 6.26. The number of hydrogen-bond donors (Lipinski definition) is 1. The smallest absolute Gasteiger partial charge is 0.251 e. The third-order valence-electron chi connectivity index (χ3n) is 3.15. The molecule has 0 saturated carbocycles. The van der Waals surface area contributed by atoms with Crippen LogP contribution >= 0.6 is 27.7 Å². The van der Waals surface area contributed by atoms with Crippen LogP contribution in [0.5, 0.6) is 0 Å². The number of aromatic nitrogens is 2. The molecule has 0 atom stereocenters. The predicted molar refractivity (Wildman–Crippen MR) is 77.1 cm³/mol. The zero-order valence-corrected chi connectivity index (χ0v) is 12.9. The minimum Gasteiger partial charge on any atom is -0.301 e. The van der Waals surface area contributed by atoms with E-state index in [0.29, 0.717) is 0 Å². The van der Waals surface area contributed by atoms with Crippen LogP contribution in [0.15, 0.2) is 16.0 Å². The lowest BCUT2D eigenvalue weighted by molar-refractivity contribution is 0.359. The topological polar surface area (TPSA) is 45.8 Å². The highest BCUT2D eigenvalue weighted by molar-refractivity contribution is 9.09. The van der Waals surface area contributed by atoms with E-state index in [1.54, 1.807) is 11.8 Å². The molecule has 0 radical (unpaired) electrons. The molecular weight excluding hydrogens is 300 g/mol. The number of aryl methyl sites for hydroxylation is 1. The average Bonchev–Trinajstić information content (AvgIpc) is 2.30. The molecule has 0 aliphatic heterocycles. The van der Waals surface area contributed by atoms with Crippen molar-refractivity contribution in [3.05, 3.63) is 22.1 Å². The van der Waals surface area contributed by atoms with Crippen molar-refractivity contribution in [3.63, 3.8) is 0 Å². The lowest BCUT2D eigenvalue weighted by Gasteiger charge is -2.28. The summed E-state index contributed by atoms with van der Waals surface area (Å²) in [6, 6.07) is 1.52. The molecule has 0 aliphatic rings. The van der Waals surface area contributed by atoms with Gasteiger partial charge in [0.25, 0.3) is 5.56 Å². The summed E-state index contributed by atoms with van der Waals surface area (Å²) in [6.07, 6.45) is 2.25. The Morgan fingerprint density at radius 1 is 1.47 bits per heavy atom. The van der Waals surface area contributed by atoms with E-state index in [-0.39, 0.29) is 11.0 Å². The minimum absolute atomic E-state index is 0.0718. The Hall–Kier alpha value is -0.290. The number of thioether (sulfide) groups is 1. The molecule has 5 heteroatoms. The highest BCUT2D eigenvalue weighted by Crippen LogP contribution is 2.34. The van der Waals surface area contributed by atoms with Gasteiger partial charge in [-0.3, -0.25) is 4.79 Å². The van der Waals surface area contributed by atoms with Crippen molar-refractivity contribution < 1.29 is 0 Å². The lowest BCUT2D eigenvalue weighted by Crippen LogP contribution is -2.24. The summed E-state index contributed by atoms with van der Waals surface area (Å²) >= 11 is 5.22. The monoisotopic (exact) mass is 318 g/mol. The van der Waals surface area contributed by atoms with Gasteiger partial charge in [0.15, 0.2) is 5.16 Å². The lowest BCUT2D eigenvalue weighted by atomic mass is 9.87.